The van der Waals surface area contributed by atoms with E-state index in [2.05, 4.69) is 5.32 Å². The van der Waals surface area contributed by atoms with Crippen LogP contribution in [0, 0.1) is 0 Å². The molecule has 19 heavy (non-hydrogen) atoms. The Bertz CT molecular complexity index is 536. The lowest BCUT2D eigenvalue weighted by Crippen LogP contribution is -2.38. The lowest BCUT2D eigenvalue weighted by atomic mass is 10.2. The molecule has 1 heterocycles. The van der Waals surface area contributed by atoms with Crippen LogP contribution in [0.25, 0.3) is 0 Å². The number of rotatable bonds is 4. The molecular weight excluding hydrogens is 266 g/mol. The second-order valence-electron chi connectivity index (χ2n) is 4.53. The molecule has 0 radical (unpaired) electrons. The molecular formula is C13H19NO4S. The summed E-state index contributed by atoms with van der Waals surface area (Å²) in [5.41, 5.74) is 0. The normalized spacial score (nSPS) is 20.0. The van der Waals surface area contributed by atoms with E-state index in [4.69, 9.17) is 9.47 Å². The van der Waals surface area contributed by atoms with Crippen LogP contribution in [0.2, 0.25) is 0 Å². The Balaban J connectivity index is 2.34. The van der Waals surface area contributed by atoms with E-state index in [1.807, 2.05) is 0 Å². The zero-order valence-corrected chi connectivity index (χ0v) is 12.0. The first-order chi connectivity index (χ1) is 9.09. The Morgan fingerprint density at radius 2 is 1.95 bits per heavy atom. The molecule has 0 spiro atoms. The van der Waals surface area contributed by atoms with E-state index in [9.17, 15) is 8.42 Å². The van der Waals surface area contributed by atoms with Crippen LogP contribution in [0.1, 0.15) is 12.8 Å². The largest absolute Gasteiger partial charge is 0.493 e. The molecule has 1 aliphatic heterocycles. The second-order valence-corrected chi connectivity index (χ2v) is 6.76. The minimum Gasteiger partial charge on any atom is -0.493 e. The zero-order valence-electron chi connectivity index (χ0n) is 11.2. The summed E-state index contributed by atoms with van der Waals surface area (Å²) in [5.74, 6) is 0.968. The second kappa shape index (κ2) is 5.79. The molecule has 2 rings (SSSR count). The van der Waals surface area contributed by atoms with Crippen molar-refractivity contribution < 1.29 is 17.9 Å². The molecule has 6 heteroatoms. The van der Waals surface area contributed by atoms with Gasteiger partial charge in [0.15, 0.2) is 21.3 Å². The van der Waals surface area contributed by atoms with Gasteiger partial charge in [-0.15, -0.1) is 0 Å². The van der Waals surface area contributed by atoms with Crippen molar-refractivity contribution >= 4 is 9.84 Å². The minimum absolute atomic E-state index is 0.291. The average molecular weight is 285 g/mol. The van der Waals surface area contributed by atoms with Crippen LogP contribution < -0.4 is 14.8 Å². The third kappa shape index (κ3) is 2.84. The SMILES string of the molecule is COc1ccc(S(=O)(=O)C2CCCNC2)cc1OC. The first-order valence-corrected chi connectivity index (χ1v) is 7.81. The number of ether oxygens (including phenoxy) is 2. The highest BCUT2D eigenvalue weighted by molar-refractivity contribution is 7.92. The first kappa shape index (κ1) is 14.1. The molecule has 1 fully saturated rings. The van der Waals surface area contributed by atoms with Crippen molar-refractivity contribution in [3.8, 4) is 11.5 Å². The molecule has 1 saturated heterocycles. The number of hydrogen-bond acceptors (Lipinski definition) is 5. The molecule has 1 aromatic rings. The quantitative estimate of drug-likeness (QED) is 0.901. The van der Waals surface area contributed by atoms with Gasteiger partial charge in [0.25, 0.3) is 0 Å². The number of piperidine rings is 1. The van der Waals surface area contributed by atoms with Crippen molar-refractivity contribution in [2.75, 3.05) is 27.3 Å². The Morgan fingerprint density at radius 3 is 2.53 bits per heavy atom. The third-order valence-electron chi connectivity index (χ3n) is 3.37. The molecule has 0 bridgehead atoms. The Morgan fingerprint density at radius 1 is 1.21 bits per heavy atom. The molecule has 0 amide bonds. The highest BCUT2D eigenvalue weighted by Crippen LogP contribution is 2.31. The molecule has 106 valence electrons. The molecule has 1 aliphatic rings. The summed E-state index contributed by atoms with van der Waals surface area (Å²) in [7, 11) is -0.296. The fraction of sp³-hybridized carbons (Fsp3) is 0.538. The van der Waals surface area contributed by atoms with Gasteiger partial charge in [0.2, 0.25) is 0 Å². The van der Waals surface area contributed by atoms with E-state index in [1.54, 1.807) is 12.1 Å². The molecule has 1 unspecified atom stereocenters. The van der Waals surface area contributed by atoms with Crippen LogP contribution >= 0.6 is 0 Å². The van der Waals surface area contributed by atoms with Crippen LogP contribution in [0.3, 0.4) is 0 Å². The van der Waals surface area contributed by atoms with Gasteiger partial charge in [0, 0.05) is 12.6 Å². The highest BCUT2D eigenvalue weighted by atomic mass is 32.2. The predicted octanol–water partition coefficient (Wildman–Crippen LogP) is 1.23. The highest BCUT2D eigenvalue weighted by Gasteiger charge is 2.29. The lowest BCUT2D eigenvalue weighted by Gasteiger charge is -2.23. The topological polar surface area (TPSA) is 64.6 Å². The number of hydrogen-bond donors (Lipinski definition) is 1. The van der Waals surface area contributed by atoms with Gasteiger partial charge in [-0.25, -0.2) is 8.42 Å². The summed E-state index contributed by atoms with van der Waals surface area (Å²) < 4.78 is 35.3. The van der Waals surface area contributed by atoms with Crippen molar-refractivity contribution in [2.45, 2.75) is 23.0 Å². The van der Waals surface area contributed by atoms with E-state index < -0.39 is 9.84 Å². The molecule has 1 N–H and O–H groups in total. The summed E-state index contributed by atoms with van der Waals surface area (Å²) in [5, 5.41) is 2.77. The number of sulfone groups is 1. The summed E-state index contributed by atoms with van der Waals surface area (Å²) in [4.78, 5) is 0.291. The number of benzene rings is 1. The van der Waals surface area contributed by atoms with E-state index in [1.165, 1.54) is 20.3 Å². The molecule has 0 saturated carbocycles. The predicted molar refractivity (Wildman–Crippen MR) is 72.6 cm³/mol. The van der Waals surface area contributed by atoms with Crippen LogP contribution in [-0.4, -0.2) is 41.0 Å². The fourth-order valence-corrected chi connectivity index (χ4v) is 4.00. The maximum Gasteiger partial charge on any atom is 0.182 e. The Labute approximate surface area is 113 Å². The molecule has 1 aromatic carbocycles. The Kier molecular flexibility index (Phi) is 4.31. The maximum atomic E-state index is 12.5. The van der Waals surface area contributed by atoms with Crippen LogP contribution in [0.4, 0.5) is 0 Å². The number of methoxy groups -OCH3 is 2. The van der Waals surface area contributed by atoms with Gasteiger partial charge >= 0.3 is 0 Å². The van der Waals surface area contributed by atoms with Gasteiger partial charge in [0.1, 0.15) is 0 Å². The summed E-state index contributed by atoms with van der Waals surface area (Å²) >= 11 is 0. The van der Waals surface area contributed by atoms with E-state index in [0.717, 1.165) is 13.0 Å². The standard InChI is InChI=1S/C13H19NO4S/c1-17-12-6-5-10(8-13(12)18-2)19(15,16)11-4-3-7-14-9-11/h5-6,8,11,14H,3-4,7,9H2,1-2H3. The summed E-state index contributed by atoms with van der Waals surface area (Å²) in [6.45, 7) is 1.40. The summed E-state index contributed by atoms with van der Waals surface area (Å²) in [6, 6.07) is 4.73. The monoisotopic (exact) mass is 285 g/mol. The molecule has 0 aliphatic carbocycles. The van der Waals surface area contributed by atoms with Gasteiger partial charge in [0.05, 0.1) is 24.4 Å². The van der Waals surface area contributed by atoms with Crippen molar-refractivity contribution in [3.05, 3.63) is 18.2 Å². The van der Waals surface area contributed by atoms with Gasteiger partial charge in [-0.3, -0.25) is 0 Å². The van der Waals surface area contributed by atoms with E-state index >= 15 is 0 Å². The van der Waals surface area contributed by atoms with Gasteiger partial charge < -0.3 is 14.8 Å². The molecule has 5 nitrogen and oxygen atoms in total. The van der Waals surface area contributed by atoms with Crippen molar-refractivity contribution in [1.82, 2.24) is 5.32 Å². The van der Waals surface area contributed by atoms with E-state index in [0.29, 0.717) is 29.4 Å². The summed E-state index contributed by atoms with van der Waals surface area (Å²) in [6.07, 6.45) is 1.58. The maximum absolute atomic E-state index is 12.5. The smallest absolute Gasteiger partial charge is 0.182 e. The van der Waals surface area contributed by atoms with Crippen LogP contribution in [0.5, 0.6) is 11.5 Å². The van der Waals surface area contributed by atoms with Crippen molar-refractivity contribution in [1.29, 1.82) is 0 Å². The van der Waals surface area contributed by atoms with Crippen LogP contribution in [-0.2, 0) is 9.84 Å². The van der Waals surface area contributed by atoms with Gasteiger partial charge in [-0.2, -0.15) is 0 Å². The minimum atomic E-state index is -3.32. The Hall–Kier alpha value is -1.27. The third-order valence-corrected chi connectivity index (χ3v) is 5.57. The zero-order chi connectivity index (χ0) is 13.9. The van der Waals surface area contributed by atoms with Crippen LogP contribution in [0.15, 0.2) is 23.1 Å². The van der Waals surface area contributed by atoms with Crippen molar-refractivity contribution in [3.63, 3.8) is 0 Å². The number of nitrogens with one attached hydrogen (secondary N) is 1. The van der Waals surface area contributed by atoms with Crippen molar-refractivity contribution in [2.24, 2.45) is 0 Å². The molecule has 0 aromatic heterocycles. The lowest BCUT2D eigenvalue weighted by molar-refractivity contribution is 0.354. The van der Waals surface area contributed by atoms with Gasteiger partial charge in [-0.05, 0) is 31.5 Å². The first-order valence-electron chi connectivity index (χ1n) is 6.26. The fourth-order valence-electron chi connectivity index (χ4n) is 2.27. The van der Waals surface area contributed by atoms with E-state index in [-0.39, 0.29) is 5.25 Å². The molecule has 1 atom stereocenters. The van der Waals surface area contributed by atoms with Gasteiger partial charge in [-0.1, -0.05) is 0 Å². The average Bonchev–Trinajstić information content (AvgIpc) is 2.47.